The monoisotopic (exact) mass is 629 g/mol. The molecule has 0 saturated carbocycles. The Morgan fingerprint density at radius 1 is 0.829 bits per heavy atom. The lowest BCUT2D eigenvalue weighted by molar-refractivity contribution is -0.160. The first-order valence-corrected chi connectivity index (χ1v) is 14.7. The highest BCUT2D eigenvalue weighted by atomic mass is 35.5. The van der Waals surface area contributed by atoms with Gasteiger partial charge in [-0.15, -0.1) is 34.8 Å². The molecule has 6 nitrogen and oxygen atoms in total. The molecule has 2 bridgehead atoms. The Morgan fingerprint density at radius 2 is 1.27 bits per heavy atom. The fraction of sp³-hybridized carbons (Fsp3) is 0.290. The fourth-order valence-electron chi connectivity index (χ4n) is 6.56. The predicted octanol–water partition coefficient (Wildman–Crippen LogP) is 6.05. The maximum Gasteiger partial charge on any atom is 0.329 e. The molecule has 3 aromatic rings. The number of ketones is 1. The van der Waals surface area contributed by atoms with Crippen LogP contribution in [0, 0.1) is 11.8 Å². The molecule has 4 atom stereocenters. The number of esters is 1. The summed E-state index contributed by atoms with van der Waals surface area (Å²) in [7, 11) is 0. The average molecular weight is 631 g/mol. The molecule has 3 aromatic carbocycles. The number of likely N-dealkylation sites (tertiary alicyclic amines) is 1. The summed E-state index contributed by atoms with van der Waals surface area (Å²) in [5, 5.41) is 0.445. The molecule has 0 N–H and O–H groups in total. The molecule has 1 heterocycles. The van der Waals surface area contributed by atoms with Gasteiger partial charge in [-0.2, -0.15) is 0 Å². The SMILES string of the molecule is C[C@H](C(=O)O[C@@H](CCCl)C(=O)c1ccc(Cl)cc1)N1C(=O)[C@@H]2[C@H](C1=O)C1(Cl)c3ccccc3C2(Cl)c2ccccc21. The number of alkyl halides is 3. The molecule has 0 radical (unpaired) electrons. The van der Waals surface area contributed by atoms with Crippen molar-refractivity contribution in [3.8, 4) is 0 Å². The summed E-state index contributed by atoms with van der Waals surface area (Å²) < 4.78 is 5.59. The van der Waals surface area contributed by atoms with Gasteiger partial charge in [0.1, 0.15) is 15.8 Å². The fourth-order valence-corrected chi connectivity index (χ4v) is 7.98. The first kappa shape index (κ1) is 28.2. The molecule has 4 aliphatic rings. The minimum absolute atomic E-state index is 0.0365. The molecule has 3 aliphatic carbocycles. The number of carbonyl (C=O) groups is 4. The molecule has 1 saturated heterocycles. The second kappa shape index (κ2) is 10.1. The van der Waals surface area contributed by atoms with E-state index in [1.165, 1.54) is 19.1 Å². The van der Waals surface area contributed by atoms with Crippen molar-refractivity contribution in [2.75, 3.05) is 5.88 Å². The predicted molar refractivity (Wildman–Crippen MR) is 155 cm³/mol. The maximum absolute atomic E-state index is 14.1. The molecule has 0 aromatic heterocycles. The molecule has 1 aliphatic heterocycles. The highest BCUT2D eigenvalue weighted by Crippen LogP contribution is 2.69. The Balaban J connectivity index is 1.35. The second-order valence-electron chi connectivity index (χ2n) is 10.5. The smallest absolute Gasteiger partial charge is 0.329 e. The largest absolute Gasteiger partial charge is 0.452 e. The van der Waals surface area contributed by atoms with Crippen molar-refractivity contribution < 1.29 is 23.9 Å². The van der Waals surface area contributed by atoms with Gasteiger partial charge < -0.3 is 4.74 Å². The van der Waals surface area contributed by atoms with Crippen molar-refractivity contribution in [3.63, 3.8) is 0 Å². The van der Waals surface area contributed by atoms with Crippen LogP contribution in [0.2, 0.25) is 5.02 Å². The summed E-state index contributed by atoms with van der Waals surface area (Å²) in [6, 6.07) is 19.3. The molecule has 2 amide bonds. The average Bonchev–Trinajstić information content (AvgIpc) is 3.26. The number of nitrogens with zero attached hydrogens (tertiary/aromatic N) is 1. The summed E-state index contributed by atoms with van der Waals surface area (Å²) in [6.07, 6.45) is -1.18. The number of imide groups is 1. The summed E-state index contributed by atoms with van der Waals surface area (Å²) in [5.74, 6) is -4.70. The molecule has 0 spiro atoms. The van der Waals surface area contributed by atoms with Crippen LogP contribution in [0.5, 0.6) is 0 Å². The molecule has 1 fully saturated rings. The molecule has 41 heavy (non-hydrogen) atoms. The lowest BCUT2D eigenvalue weighted by Crippen LogP contribution is -2.57. The topological polar surface area (TPSA) is 80.8 Å². The van der Waals surface area contributed by atoms with E-state index in [1.807, 2.05) is 48.5 Å². The quantitative estimate of drug-likeness (QED) is 0.138. The van der Waals surface area contributed by atoms with Gasteiger partial charge in [0, 0.05) is 22.9 Å². The lowest BCUT2D eigenvalue weighted by Gasteiger charge is -2.54. The van der Waals surface area contributed by atoms with Crippen LogP contribution in [-0.4, -0.2) is 46.5 Å². The standard InChI is InChI=1S/C31H23Cl4NO5/c1-16(29(40)41-23(14-15-32)26(37)17-10-12-18(33)13-11-17)36-27(38)24-25(28(36)39)31(35)20-7-3-2-6-19(20)30(24,34)21-8-4-5-9-22(21)31/h2-13,16,23-25H,14-15H2,1H3/t16-,23+,24-,25+,30?,31?/m1/s1. The number of hydrogen-bond donors (Lipinski definition) is 0. The number of carbonyl (C=O) groups excluding carboxylic acids is 4. The van der Waals surface area contributed by atoms with Crippen molar-refractivity contribution in [2.24, 2.45) is 11.8 Å². The third-order valence-corrected chi connectivity index (χ3v) is 10.2. The van der Waals surface area contributed by atoms with E-state index in [-0.39, 0.29) is 17.9 Å². The molecular weight excluding hydrogens is 608 g/mol. The van der Waals surface area contributed by atoms with E-state index in [1.54, 1.807) is 12.1 Å². The Hall–Kier alpha value is -2.90. The molecule has 0 unspecified atom stereocenters. The third-order valence-electron chi connectivity index (χ3n) is 8.40. The van der Waals surface area contributed by atoms with E-state index in [9.17, 15) is 19.2 Å². The van der Waals surface area contributed by atoms with E-state index in [0.717, 1.165) is 4.90 Å². The van der Waals surface area contributed by atoms with E-state index in [2.05, 4.69) is 0 Å². The van der Waals surface area contributed by atoms with Crippen molar-refractivity contribution in [1.29, 1.82) is 0 Å². The van der Waals surface area contributed by atoms with Crippen LogP contribution in [-0.2, 0) is 28.9 Å². The van der Waals surface area contributed by atoms with Crippen LogP contribution < -0.4 is 0 Å². The minimum atomic E-state index is -1.37. The molecule has 210 valence electrons. The number of amides is 2. The van der Waals surface area contributed by atoms with Crippen LogP contribution in [0.25, 0.3) is 0 Å². The number of benzene rings is 3. The van der Waals surface area contributed by atoms with Crippen molar-refractivity contribution in [1.82, 2.24) is 4.90 Å². The van der Waals surface area contributed by atoms with Gasteiger partial charge >= 0.3 is 5.97 Å². The zero-order valence-corrected chi connectivity index (χ0v) is 24.7. The van der Waals surface area contributed by atoms with E-state index in [4.69, 9.17) is 51.1 Å². The number of halogens is 4. The van der Waals surface area contributed by atoms with Crippen LogP contribution in [0.4, 0.5) is 0 Å². The summed E-state index contributed by atoms with van der Waals surface area (Å²) >= 11 is 26.7. The van der Waals surface area contributed by atoms with Gasteiger partial charge in [0.15, 0.2) is 6.10 Å². The Morgan fingerprint density at radius 3 is 1.68 bits per heavy atom. The first-order chi connectivity index (χ1) is 19.6. The summed E-state index contributed by atoms with van der Waals surface area (Å²) in [5.41, 5.74) is 2.91. The molecule has 10 heteroatoms. The lowest BCUT2D eigenvalue weighted by atomic mass is 9.54. The van der Waals surface area contributed by atoms with Gasteiger partial charge in [-0.3, -0.25) is 19.3 Å². The first-order valence-electron chi connectivity index (χ1n) is 13.1. The Kier molecular flexibility index (Phi) is 6.97. The number of Topliss-reactive ketones (excluding diaryl/α,β-unsaturated/α-hetero) is 1. The maximum atomic E-state index is 14.1. The second-order valence-corrected chi connectivity index (χ2v) is 12.5. The number of ether oxygens (including phenoxy) is 1. The Labute approximate surface area is 256 Å². The van der Waals surface area contributed by atoms with Crippen LogP contribution in [0.1, 0.15) is 46.0 Å². The zero-order valence-electron chi connectivity index (χ0n) is 21.7. The van der Waals surface area contributed by atoms with E-state index in [0.29, 0.717) is 27.3 Å². The summed E-state index contributed by atoms with van der Waals surface area (Å²) in [6.45, 7) is 1.39. The van der Waals surface area contributed by atoms with Crippen molar-refractivity contribution in [3.05, 3.63) is 106 Å². The van der Waals surface area contributed by atoms with E-state index < -0.39 is 57.3 Å². The highest BCUT2D eigenvalue weighted by Gasteiger charge is 2.73. The summed E-state index contributed by atoms with van der Waals surface area (Å²) in [4.78, 5) is 52.9. The number of hydrogen-bond acceptors (Lipinski definition) is 5. The Bertz CT molecular complexity index is 1480. The molecule has 7 rings (SSSR count). The normalized spacial score (nSPS) is 27.1. The molecular formula is C31H23Cl4NO5. The van der Waals surface area contributed by atoms with Gasteiger partial charge in [0.05, 0.1) is 11.8 Å². The van der Waals surface area contributed by atoms with Crippen molar-refractivity contribution in [2.45, 2.75) is 35.2 Å². The minimum Gasteiger partial charge on any atom is -0.452 e. The van der Waals surface area contributed by atoms with Crippen LogP contribution in [0.15, 0.2) is 72.8 Å². The van der Waals surface area contributed by atoms with E-state index >= 15 is 0 Å². The van der Waals surface area contributed by atoms with Gasteiger partial charge in [-0.25, -0.2) is 4.79 Å². The van der Waals surface area contributed by atoms with Gasteiger partial charge in [-0.05, 0) is 53.4 Å². The highest BCUT2D eigenvalue weighted by molar-refractivity contribution is 6.36. The zero-order chi connectivity index (χ0) is 29.3. The van der Waals surface area contributed by atoms with Gasteiger partial charge in [-0.1, -0.05) is 60.1 Å². The third kappa shape index (κ3) is 3.91. The van der Waals surface area contributed by atoms with Crippen LogP contribution in [0.3, 0.4) is 0 Å². The van der Waals surface area contributed by atoms with Crippen LogP contribution >= 0.6 is 46.4 Å². The van der Waals surface area contributed by atoms with Gasteiger partial charge in [0.25, 0.3) is 0 Å². The van der Waals surface area contributed by atoms with Crippen molar-refractivity contribution >= 4 is 70.0 Å². The van der Waals surface area contributed by atoms with Gasteiger partial charge in [0.2, 0.25) is 17.6 Å². The number of rotatable bonds is 7.